The summed E-state index contributed by atoms with van der Waals surface area (Å²) in [4.78, 5) is 19.2. The van der Waals surface area contributed by atoms with Gasteiger partial charge in [0.05, 0.1) is 22.1 Å². The third-order valence-corrected chi connectivity index (χ3v) is 15.5. The van der Waals surface area contributed by atoms with Crippen LogP contribution in [0, 0.1) is 0 Å². The van der Waals surface area contributed by atoms with Crippen LogP contribution >= 0.6 is 22.7 Å². The van der Waals surface area contributed by atoms with Gasteiger partial charge in [-0.05, 0) is 84.9 Å². The van der Waals surface area contributed by atoms with Crippen LogP contribution in [0.5, 0.6) is 0 Å². The molecule has 0 fully saturated rings. The second-order valence-corrected chi connectivity index (χ2v) is 18.8. The zero-order chi connectivity index (χ0) is 42.3. The molecule has 15 rings (SSSR count). The lowest BCUT2D eigenvalue weighted by Gasteiger charge is -2.08. The zero-order valence-electron chi connectivity index (χ0n) is 34.2. The molecule has 0 N–H and O–H groups in total. The molecule has 65 heavy (non-hydrogen) atoms. The van der Waals surface area contributed by atoms with Gasteiger partial charge >= 0.3 is 0 Å². The predicted octanol–water partition coefficient (Wildman–Crippen LogP) is 15.4. The number of hydrogen-bond donors (Lipinski definition) is 0. The Bertz CT molecular complexity index is 4120. The molecule has 9 heteroatoms. The third kappa shape index (κ3) is 4.99. The Kier molecular flexibility index (Phi) is 7.13. The van der Waals surface area contributed by atoms with E-state index < -0.39 is 0 Å². The number of nitrogens with zero attached hydrogens (tertiary/aromatic N) is 6. The molecule has 7 heterocycles. The van der Waals surface area contributed by atoms with Gasteiger partial charge in [0.25, 0.3) is 0 Å². The SMILES string of the molecule is c1ccc2c(c1)c1ccccc1n2-c1ccc2sc3ccc(-c4ncnc5c4oc4c(-c6ccc7sc8ccc(-n9c%10ccccc%10c%10ccccc%109)cc8c7c6)ncnc45)cc3c2c1. The average molecular weight is 867 g/mol. The molecule has 0 radical (unpaired) electrons. The largest absolute Gasteiger partial charge is 0.448 e. The Labute approximate surface area is 376 Å². The maximum absolute atomic E-state index is 6.83. The summed E-state index contributed by atoms with van der Waals surface area (Å²) in [6.45, 7) is 0. The van der Waals surface area contributed by atoms with Gasteiger partial charge in [0, 0.05) is 84.4 Å². The van der Waals surface area contributed by atoms with E-state index in [1.54, 1.807) is 35.3 Å². The summed E-state index contributed by atoms with van der Waals surface area (Å²) >= 11 is 3.61. The van der Waals surface area contributed by atoms with Gasteiger partial charge in [-0.15, -0.1) is 22.7 Å². The Hall–Kier alpha value is -8.24. The predicted molar refractivity (Wildman–Crippen MR) is 270 cm³/mol. The fraction of sp³-hybridized carbons (Fsp3) is 0. The van der Waals surface area contributed by atoms with Crippen molar-refractivity contribution in [1.29, 1.82) is 0 Å². The summed E-state index contributed by atoms with van der Waals surface area (Å²) in [7, 11) is 0. The second kappa shape index (κ2) is 13.2. The summed E-state index contributed by atoms with van der Waals surface area (Å²) in [5.74, 6) is 0. The fourth-order valence-corrected chi connectivity index (χ4v) is 12.4. The highest BCUT2D eigenvalue weighted by Gasteiger charge is 2.22. The lowest BCUT2D eigenvalue weighted by molar-refractivity contribution is 0.665. The first-order valence-corrected chi connectivity index (χ1v) is 23.1. The molecule has 0 amide bonds. The minimum Gasteiger partial charge on any atom is -0.448 e. The molecule has 8 aromatic carbocycles. The Morgan fingerprint density at radius 1 is 0.338 bits per heavy atom. The van der Waals surface area contributed by atoms with Crippen LogP contribution in [-0.4, -0.2) is 29.1 Å². The number of thiophene rings is 2. The average Bonchev–Trinajstić information content (AvgIpc) is 4.18. The first-order chi connectivity index (χ1) is 32.2. The van der Waals surface area contributed by atoms with Gasteiger partial charge in [0.1, 0.15) is 35.1 Å². The number of aromatic nitrogens is 6. The highest BCUT2D eigenvalue weighted by molar-refractivity contribution is 7.26. The number of fused-ring (bicyclic) bond motifs is 15. The maximum atomic E-state index is 6.83. The van der Waals surface area contributed by atoms with Crippen molar-refractivity contribution in [3.05, 3.63) is 183 Å². The zero-order valence-corrected chi connectivity index (χ0v) is 35.9. The Balaban J connectivity index is 0.864. The number of para-hydroxylation sites is 4. The molecule has 0 aliphatic carbocycles. The van der Waals surface area contributed by atoms with Crippen molar-refractivity contribution >= 4 is 129 Å². The molecule has 0 saturated carbocycles. The van der Waals surface area contributed by atoms with Crippen LogP contribution in [0.3, 0.4) is 0 Å². The molecule has 0 aliphatic rings. The first-order valence-electron chi connectivity index (χ1n) is 21.5. The number of rotatable bonds is 4. The van der Waals surface area contributed by atoms with Crippen molar-refractivity contribution in [2.24, 2.45) is 0 Å². The van der Waals surface area contributed by atoms with Crippen molar-refractivity contribution in [3.63, 3.8) is 0 Å². The van der Waals surface area contributed by atoms with Crippen LogP contribution in [0.25, 0.3) is 140 Å². The number of benzene rings is 8. The topological polar surface area (TPSA) is 74.6 Å². The third-order valence-electron chi connectivity index (χ3n) is 13.2. The monoisotopic (exact) mass is 866 g/mol. The molecule has 0 atom stereocenters. The van der Waals surface area contributed by atoms with E-state index in [4.69, 9.17) is 24.4 Å². The van der Waals surface area contributed by atoms with Crippen LogP contribution in [0.4, 0.5) is 0 Å². The quantitative estimate of drug-likeness (QED) is 0.176. The van der Waals surface area contributed by atoms with Crippen molar-refractivity contribution in [2.45, 2.75) is 0 Å². The molecule has 0 bridgehead atoms. The normalized spacial score (nSPS) is 12.3. The van der Waals surface area contributed by atoms with E-state index in [1.807, 2.05) is 0 Å². The van der Waals surface area contributed by atoms with Crippen LogP contribution in [0.15, 0.2) is 187 Å². The standard InChI is InChI=1S/C56H30N6OS2/c1-5-13-43-35(9-1)36-10-2-6-14-44(36)61(43)33-19-23-49-41(27-33)39-25-31(17-21-47(39)64-49)51-55-53(59-29-57-51)54-56(63-55)52(58-30-60-54)32-18-22-48-40(26-32)42-28-34(20-24-50(42)65-48)62-45-15-7-3-11-37(45)38-12-4-8-16-46(38)62/h1-30H. The second-order valence-electron chi connectivity index (χ2n) is 16.6. The minimum absolute atomic E-state index is 0.590. The summed E-state index contributed by atoms with van der Waals surface area (Å²) in [6.07, 6.45) is 3.23. The fourth-order valence-electron chi connectivity index (χ4n) is 10.3. The van der Waals surface area contributed by atoms with Crippen LogP contribution < -0.4 is 0 Å². The molecular formula is C56H30N6OS2. The highest BCUT2D eigenvalue weighted by Crippen LogP contribution is 2.43. The molecule has 15 aromatic rings. The summed E-state index contributed by atoms with van der Waals surface area (Å²) in [6, 6.07) is 61.4. The molecular weight excluding hydrogens is 837 g/mol. The van der Waals surface area contributed by atoms with Crippen LogP contribution in [0.2, 0.25) is 0 Å². The number of furan rings is 1. The van der Waals surface area contributed by atoms with Crippen LogP contribution in [0.1, 0.15) is 0 Å². The maximum Gasteiger partial charge on any atom is 0.181 e. The molecule has 0 unspecified atom stereocenters. The Morgan fingerprint density at radius 3 is 1.09 bits per heavy atom. The van der Waals surface area contributed by atoms with Gasteiger partial charge in [-0.1, -0.05) is 84.9 Å². The molecule has 7 aromatic heterocycles. The van der Waals surface area contributed by atoms with Crippen molar-refractivity contribution in [2.75, 3.05) is 0 Å². The summed E-state index contributed by atoms with van der Waals surface area (Å²) < 4.78 is 16.5. The van der Waals surface area contributed by atoms with Crippen molar-refractivity contribution in [1.82, 2.24) is 29.1 Å². The van der Waals surface area contributed by atoms with E-state index in [-0.39, 0.29) is 0 Å². The first kappa shape index (κ1) is 35.2. The smallest absolute Gasteiger partial charge is 0.181 e. The van der Waals surface area contributed by atoms with Gasteiger partial charge in [-0.2, -0.15) is 0 Å². The lowest BCUT2D eigenvalue weighted by Crippen LogP contribution is -1.93. The van der Waals surface area contributed by atoms with E-state index in [9.17, 15) is 0 Å². The summed E-state index contributed by atoms with van der Waals surface area (Å²) in [5.41, 5.74) is 12.9. The molecule has 0 spiro atoms. The summed E-state index contributed by atoms with van der Waals surface area (Å²) in [5, 5.41) is 9.74. The van der Waals surface area contributed by atoms with Gasteiger partial charge in [-0.3, -0.25) is 0 Å². The minimum atomic E-state index is 0.590. The number of hydrogen-bond acceptors (Lipinski definition) is 7. The molecule has 0 aliphatic heterocycles. The van der Waals surface area contributed by atoms with Gasteiger partial charge in [-0.25, -0.2) is 19.9 Å². The Morgan fingerprint density at radius 2 is 0.692 bits per heavy atom. The van der Waals surface area contributed by atoms with Gasteiger partial charge in [0.15, 0.2) is 11.2 Å². The van der Waals surface area contributed by atoms with E-state index >= 15 is 0 Å². The van der Waals surface area contributed by atoms with Crippen LogP contribution in [-0.2, 0) is 0 Å². The van der Waals surface area contributed by atoms with E-state index in [0.717, 1.165) is 33.9 Å². The van der Waals surface area contributed by atoms with Crippen molar-refractivity contribution < 1.29 is 4.42 Å². The van der Waals surface area contributed by atoms with E-state index in [2.05, 4.69) is 179 Å². The molecule has 302 valence electrons. The van der Waals surface area contributed by atoms with Gasteiger partial charge in [0.2, 0.25) is 0 Å². The molecule has 0 saturated heterocycles. The van der Waals surface area contributed by atoms with Crippen molar-refractivity contribution in [3.8, 4) is 33.9 Å². The lowest BCUT2D eigenvalue weighted by atomic mass is 10.1. The van der Waals surface area contributed by atoms with E-state index in [1.165, 1.54) is 84.0 Å². The van der Waals surface area contributed by atoms with E-state index in [0.29, 0.717) is 22.2 Å². The molecule has 7 nitrogen and oxygen atoms in total. The van der Waals surface area contributed by atoms with Gasteiger partial charge < -0.3 is 13.6 Å². The highest BCUT2D eigenvalue weighted by atomic mass is 32.1.